The maximum absolute atomic E-state index is 12.6. The maximum Gasteiger partial charge on any atom is 0.293 e. The highest BCUT2D eigenvalue weighted by Gasteiger charge is 2.19. The minimum absolute atomic E-state index is 0.131. The molecule has 1 aliphatic heterocycles. The van der Waals surface area contributed by atoms with Crippen molar-refractivity contribution < 1.29 is 9.53 Å². The first-order chi connectivity index (χ1) is 15.7. The Bertz CT molecular complexity index is 1250. The normalized spacial score (nSPS) is 15.5. The van der Waals surface area contributed by atoms with E-state index in [0.717, 1.165) is 42.5 Å². The van der Waals surface area contributed by atoms with Crippen molar-refractivity contribution in [1.82, 2.24) is 14.5 Å². The molecule has 3 aromatic rings. The average molecular weight is 470 g/mol. The van der Waals surface area contributed by atoms with Crippen molar-refractivity contribution in [3.8, 4) is 5.75 Å². The zero-order chi connectivity index (χ0) is 23.7. The molecule has 3 heterocycles. The van der Waals surface area contributed by atoms with Crippen molar-refractivity contribution >= 4 is 45.7 Å². The largest absolute Gasteiger partial charge is 0.477 e. The Morgan fingerprint density at radius 2 is 2.00 bits per heavy atom. The number of hydrogen-bond acceptors (Lipinski definition) is 7. The van der Waals surface area contributed by atoms with Gasteiger partial charge in [-0.3, -0.25) is 9.59 Å². The number of pyridine rings is 1. The SMILES string of the molecule is CC(=O)[C@H](C)Oc1cc2cc(Nc3nc(N4CCC(C)CC4)ncc3Cl)ccc2n(C)c1=O. The van der Waals surface area contributed by atoms with E-state index in [1.807, 2.05) is 18.2 Å². The molecule has 4 rings (SSSR count). The van der Waals surface area contributed by atoms with E-state index in [4.69, 9.17) is 16.3 Å². The van der Waals surface area contributed by atoms with Crippen LogP contribution in [-0.4, -0.2) is 39.5 Å². The van der Waals surface area contributed by atoms with Gasteiger partial charge in [-0.15, -0.1) is 0 Å². The summed E-state index contributed by atoms with van der Waals surface area (Å²) in [4.78, 5) is 35.5. The van der Waals surface area contributed by atoms with Crippen molar-refractivity contribution in [3.05, 3.63) is 45.8 Å². The molecular formula is C24H28ClN5O3. The van der Waals surface area contributed by atoms with E-state index in [1.54, 1.807) is 26.2 Å². The minimum Gasteiger partial charge on any atom is -0.477 e. The Kier molecular flexibility index (Phi) is 6.56. The summed E-state index contributed by atoms with van der Waals surface area (Å²) in [7, 11) is 1.68. The molecule has 0 saturated carbocycles. The number of nitrogens with one attached hydrogen (secondary N) is 1. The Labute approximate surface area is 197 Å². The highest BCUT2D eigenvalue weighted by Crippen LogP contribution is 2.29. The molecule has 0 bridgehead atoms. The fraction of sp³-hybridized carbons (Fsp3) is 0.417. The number of benzene rings is 1. The zero-order valence-corrected chi connectivity index (χ0v) is 20.0. The Morgan fingerprint density at radius 1 is 1.27 bits per heavy atom. The van der Waals surface area contributed by atoms with Crippen LogP contribution >= 0.6 is 11.6 Å². The third kappa shape index (κ3) is 4.95. The Balaban J connectivity index is 1.64. The van der Waals surface area contributed by atoms with Gasteiger partial charge in [-0.1, -0.05) is 18.5 Å². The van der Waals surface area contributed by atoms with Gasteiger partial charge in [0, 0.05) is 31.2 Å². The van der Waals surface area contributed by atoms with Gasteiger partial charge in [0.05, 0.1) is 11.7 Å². The second-order valence-electron chi connectivity index (χ2n) is 8.68. The van der Waals surface area contributed by atoms with Crippen LogP contribution in [0.4, 0.5) is 17.5 Å². The van der Waals surface area contributed by atoms with Crippen molar-refractivity contribution in [1.29, 1.82) is 0 Å². The Hall–Kier alpha value is -3.13. The molecular weight excluding hydrogens is 442 g/mol. The summed E-state index contributed by atoms with van der Waals surface area (Å²) in [5, 5.41) is 4.47. The van der Waals surface area contributed by atoms with Gasteiger partial charge in [0.25, 0.3) is 5.56 Å². The first-order valence-corrected chi connectivity index (χ1v) is 11.5. The van der Waals surface area contributed by atoms with Crippen LogP contribution in [0.15, 0.2) is 35.3 Å². The molecule has 1 fully saturated rings. The third-order valence-electron chi connectivity index (χ3n) is 6.13. The van der Waals surface area contributed by atoms with E-state index in [1.165, 1.54) is 11.5 Å². The van der Waals surface area contributed by atoms with E-state index in [9.17, 15) is 9.59 Å². The highest BCUT2D eigenvalue weighted by molar-refractivity contribution is 6.32. The standard InChI is InChI=1S/C24H28ClN5O3/c1-14-7-9-30(10-8-14)24-26-13-19(25)22(28-24)27-18-5-6-20-17(11-18)12-21(23(32)29(20)4)33-16(3)15(2)31/h5-6,11-14,16H,7-10H2,1-4H3,(H,26,27,28)/t16-/m0/s1. The van der Waals surface area contributed by atoms with Crippen molar-refractivity contribution in [2.45, 2.75) is 39.7 Å². The van der Waals surface area contributed by atoms with E-state index < -0.39 is 6.10 Å². The molecule has 1 aliphatic rings. The molecule has 0 amide bonds. The van der Waals surface area contributed by atoms with Crippen molar-refractivity contribution in [3.63, 3.8) is 0 Å². The smallest absolute Gasteiger partial charge is 0.293 e. The number of Topliss-reactive ketones (excluding diaryl/α,β-unsaturated/α-hetero) is 1. The summed E-state index contributed by atoms with van der Waals surface area (Å²) < 4.78 is 7.12. The predicted octanol–water partition coefficient (Wildman–Crippen LogP) is 4.32. The molecule has 1 atom stereocenters. The lowest BCUT2D eigenvalue weighted by molar-refractivity contribution is -0.122. The first kappa shape index (κ1) is 23.0. The number of nitrogens with zero attached hydrogens (tertiary/aromatic N) is 4. The van der Waals surface area contributed by atoms with Gasteiger partial charge in [-0.05, 0) is 56.9 Å². The van der Waals surface area contributed by atoms with Crippen LogP contribution in [0.5, 0.6) is 5.75 Å². The highest BCUT2D eigenvalue weighted by atomic mass is 35.5. The number of anilines is 3. The predicted molar refractivity (Wildman–Crippen MR) is 131 cm³/mol. The fourth-order valence-corrected chi connectivity index (χ4v) is 3.97. The number of fused-ring (bicyclic) bond motifs is 1. The number of carbonyl (C=O) groups excluding carboxylic acids is 1. The van der Waals surface area contributed by atoms with Crippen LogP contribution in [-0.2, 0) is 11.8 Å². The van der Waals surface area contributed by atoms with Gasteiger partial charge in [0.2, 0.25) is 5.95 Å². The second-order valence-corrected chi connectivity index (χ2v) is 9.09. The summed E-state index contributed by atoms with van der Waals surface area (Å²) in [6, 6.07) is 7.26. The number of piperidine rings is 1. The van der Waals surface area contributed by atoms with Gasteiger partial charge in [-0.2, -0.15) is 4.98 Å². The van der Waals surface area contributed by atoms with Gasteiger partial charge in [-0.25, -0.2) is 4.98 Å². The minimum atomic E-state index is -0.701. The number of halogens is 1. The lowest BCUT2D eigenvalue weighted by atomic mass is 10.00. The molecule has 2 aromatic heterocycles. The van der Waals surface area contributed by atoms with Gasteiger partial charge >= 0.3 is 0 Å². The number of ketones is 1. The Morgan fingerprint density at radius 3 is 2.70 bits per heavy atom. The molecule has 33 heavy (non-hydrogen) atoms. The molecule has 0 radical (unpaired) electrons. The number of carbonyl (C=O) groups is 1. The molecule has 1 saturated heterocycles. The summed E-state index contributed by atoms with van der Waals surface area (Å²) in [6.07, 6.45) is 3.15. The van der Waals surface area contributed by atoms with Crippen LogP contribution in [0.2, 0.25) is 5.02 Å². The molecule has 1 N–H and O–H groups in total. The number of ether oxygens (including phenoxy) is 1. The monoisotopic (exact) mass is 469 g/mol. The molecule has 8 nitrogen and oxygen atoms in total. The van der Waals surface area contributed by atoms with Crippen LogP contribution in [0.25, 0.3) is 10.9 Å². The lowest BCUT2D eigenvalue weighted by Crippen LogP contribution is -2.34. The zero-order valence-electron chi connectivity index (χ0n) is 19.3. The summed E-state index contributed by atoms with van der Waals surface area (Å²) in [6.45, 7) is 7.17. The molecule has 1 aromatic carbocycles. The summed E-state index contributed by atoms with van der Waals surface area (Å²) in [5.74, 6) is 1.88. The third-order valence-corrected chi connectivity index (χ3v) is 6.40. The number of aryl methyl sites for hydroxylation is 1. The fourth-order valence-electron chi connectivity index (χ4n) is 3.83. The van der Waals surface area contributed by atoms with Crippen LogP contribution in [0.3, 0.4) is 0 Å². The van der Waals surface area contributed by atoms with E-state index in [2.05, 4.69) is 27.1 Å². The van der Waals surface area contributed by atoms with Crippen molar-refractivity contribution in [2.75, 3.05) is 23.3 Å². The maximum atomic E-state index is 12.6. The van der Waals surface area contributed by atoms with Gasteiger partial charge in [0.15, 0.2) is 23.5 Å². The quantitative estimate of drug-likeness (QED) is 0.575. The average Bonchev–Trinajstić information content (AvgIpc) is 2.79. The van der Waals surface area contributed by atoms with Crippen LogP contribution in [0.1, 0.15) is 33.6 Å². The van der Waals surface area contributed by atoms with E-state index >= 15 is 0 Å². The van der Waals surface area contributed by atoms with Gasteiger partial charge in [0.1, 0.15) is 5.02 Å². The van der Waals surface area contributed by atoms with Crippen LogP contribution in [0, 0.1) is 5.92 Å². The molecule has 0 aliphatic carbocycles. The van der Waals surface area contributed by atoms with Gasteiger partial charge < -0.3 is 19.5 Å². The van der Waals surface area contributed by atoms with E-state index in [0.29, 0.717) is 22.7 Å². The molecule has 174 valence electrons. The lowest BCUT2D eigenvalue weighted by Gasteiger charge is -2.30. The summed E-state index contributed by atoms with van der Waals surface area (Å²) >= 11 is 6.38. The second kappa shape index (κ2) is 9.39. The molecule has 0 spiro atoms. The number of aromatic nitrogens is 3. The van der Waals surface area contributed by atoms with E-state index in [-0.39, 0.29) is 17.1 Å². The summed E-state index contributed by atoms with van der Waals surface area (Å²) in [5.41, 5.74) is 1.20. The number of rotatable bonds is 6. The topological polar surface area (TPSA) is 89.3 Å². The van der Waals surface area contributed by atoms with Crippen molar-refractivity contribution in [2.24, 2.45) is 13.0 Å². The van der Waals surface area contributed by atoms with Crippen LogP contribution < -0.4 is 20.5 Å². The number of hydrogen-bond donors (Lipinski definition) is 1. The molecule has 0 unspecified atom stereocenters. The molecule has 9 heteroatoms. The first-order valence-electron chi connectivity index (χ1n) is 11.1.